The second-order valence-electron chi connectivity index (χ2n) is 4.44. The number of pyridine rings is 1. The lowest BCUT2D eigenvalue weighted by Crippen LogP contribution is -2.17. The molecule has 0 saturated heterocycles. The molecule has 0 radical (unpaired) electrons. The highest BCUT2D eigenvalue weighted by Gasteiger charge is 2.06. The summed E-state index contributed by atoms with van der Waals surface area (Å²) in [7, 11) is 3.72. The van der Waals surface area contributed by atoms with E-state index in [9.17, 15) is 0 Å². The number of hydrogen-bond acceptors (Lipinski definition) is 3. The van der Waals surface area contributed by atoms with E-state index in [1.807, 2.05) is 44.3 Å². The Morgan fingerprint density at radius 2 is 2.05 bits per heavy atom. The fourth-order valence-electron chi connectivity index (χ4n) is 1.87. The number of rotatable bonds is 4. The summed E-state index contributed by atoms with van der Waals surface area (Å²) in [5, 5.41) is 0. The normalized spacial score (nSPS) is 10.3. The average molecular weight is 321 g/mol. The first-order valence-corrected chi connectivity index (χ1v) is 6.86. The first-order chi connectivity index (χ1) is 9.10. The van der Waals surface area contributed by atoms with Crippen molar-refractivity contribution in [3.63, 3.8) is 0 Å². The van der Waals surface area contributed by atoms with Gasteiger partial charge in [-0.15, -0.1) is 0 Å². The predicted molar refractivity (Wildman–Crippen MR) is 81.8 cm³/mol. The van der Waals surface area contributed by atoms with Crippen molar-refractivity contribution < 1.29 is 4.74 Å². The third-order valence-corrected chi connectivity index (χ3v) is 3.79. The number of aryl methyl sites for hydroxylation is 1. The number of halogens is 1. The van der Waals surface area contributed by atoms with Gasteiger partial charge in [0.15, 0.2) is 0 Å². The van der Waals surface area contributed by atoms with Gasteiger partial charge in [0.2, 0.25) is 0 Å². The molecule has 1 aromatic heterocycles. The Morgan fingerprint density at radius 1 is 1.26 bits per heavy atom. The molecule has 3 nitrogen and oxygen atoms in total. The zero-order valence-corrected chi connectivity index (χ0v) is 12.9. The third kappa shape index (κ3) is 3.47. The van der Waals surface area contributed by atoms with Crippen LogP contribution in [0, 0.1) is 6.92 Å². The molecule has 0 atom stereocenters. The molecular weight excluding hydrogens is 304 g/mol. The number of hydrogen-bond donors (Lipinski definition) is 0. The molecule has 0 aliphatic heterocycles. The van der Waals surface area contributed by atoms with E-state index in [0.29, 0.717) is 0 Å². The third-order valence-electron chi connectivity index (χ3n) is 2.95. The van der Waals surface area contributed by atoms with Gasteiger partial charge in [-0.05, 0) is 52.7 Å². The molecule has 0 aliphatic rings. The van der Waals surface area contributed by atoms with Crippen LogP contribution >= 0.6 is 15.9 Å². The van der Waals surface area contributed by atoms with Crippen molar-refractivity contribution in [2.75, 3.05) is 19.1 Å². The van der Waals surface area contributed by atoms with E-state index in [0.717, 1.165) is 28.3 Å². The van der Waals surface area contributed by atoms with Gasteiger partial charge in [0.05, 0.1) is 12.8 Å². The van der Waals surface area contributed by atoms with Crippen molar-refractivity contribution in [2.45, 2.75) is 13.5 Å². The molecule has 1 heterocycles. The van der Waals surface area contributed by atoms with Crippen LogP contribution < -0.4 is 9.64 Å². The summed E-state index contributed by atoms with van der Waals surface area (Å²) >= 11 is 3.47. The minimum atomic E-state index is 0.797. The molecule has 0 spiro atoms. The Balaban J connectivity index is 2.15. The minimum Gasteiger partial charge on any atom is -0.497 e. The molecule has 0 fully saturated rings. The zero-order chi connectivity index (χ0) is 13.8. The maximum Gasteiger partial charge on any atom is 0.128 e. The van der Waals surface area contributed by atoms with Crippen LogP contribution in [0.2, 0.25) is 0 Å². The summed E-state index contributed by atoms with van der Waals surface area (Å²) in [4.78, 5) is 6.68. The number of methoxy groups -OCH3 is 1. The number of nitrogens with zero attached hydrogens (tertiary/aromatic N) is 2. The van der Waals surface area contributed by atoms with Gasteiger partial charge in [0.25, 0.3) is 0 Å². The molecule has 0 saturated carbocycles. The zero-order valence-electron chi connectivity index (χ0n) is 11.4. The van der Waals surface area contributed by atoms with Gasteiger partial charge in [-0.3, -0.25) is 0 Å². The minimum absolute atomic E-state index is 0.797. The van der Waals surface area contributed by atoms with E-state index >= 15 is 0 Å². The van der Waals surface area contributed by atoms with E-state index < -0.39 is 0 Å². The Morgan fingerprint density at radius 3 is 2.74 bits per heavy atom. The van der Waals surface area contributed by atoms with Crippen LogP contribution in [0.1, 0.15) is 11.3 Å². The van der Waals surface area contributed by atoms with Crippen LogP contribution in [0.25, 0.3) is 0 Å². The highest BCUT2D eigenvalue weighted by molar-refractivity contribution is 9.10. The van der Waals surface area contributed by atoms with Gasteiger partial charge in [-0.25, -0.2) is 4.98 Å². The first-order valence-electron chi connectivity index (χ1n) is 6.07. The van der Waals surface area contributed by atoms with Crippen molar-refractivity contribution in [3.05, 3.63) is 52.1 Å². The summed E-state index contributed by atoms with van der Waals surface area (Å²) in [5.74, 6) is 1.84. The number of anilines is 1. The number of aromatic nitrogens is 1. The highest BCUT2D eigenvalue weighted by Crippen LogP contribution is 2.20. The van der Waals surface area contributed by atoms with Gasteiger partial charge >= 0.3 is 0 Å². The molecule has 0 amide bonds. The molecular formula is C15H17BrN2O. The fraction of sp³-hybridized carbons (Fsp3) is 0.267. The SMILES string of the molecule is COc1cccc(CN(C)c2ccc(Br)c(C)n2)c1. The molecule has 0 aliphatic carbocycles. The van der Waals surface area contributed by atoms with Crippen molar-refractivity contribution in [2.24, 2.45) is 0 Å². The van der Waals surface area contributed by atoms with Crippen LogP contribution in [0.15, 0.2) is 40.9 Å². The maximum atomic E-state index is 5.24. The molecule has 0 N–H and O–H groups in total. The standard InChI is InChI=1S/C15H17BrN2O/c1-11-14(16)7-8-15(17-11)18(2)10-12-5-4-6-13(9-12)19-3/h4-9H,10H2,1-3H3. The average Bonchev–Trinajstić information content (AvgIpc) is 2.42. The Hall–Kier alpha value is -1.55. The van der Waals surface area contributed by atoms with Crippen molar-refractivity contribution in [1.29, 1.82) is 0 Å². The van der Waals surface area contributed by atoms with Gasteiger partial charge in [-0.2, -0.15) is 0 Å². The van der Waals surface area contributed by atoms with Crippen LogP contribution in [0.5, 0.6) is 5.75 Å². The van der Waals surface area contributed by atoms with Gasteiger partial charge in [0.1, 0.15) is 11.6 Å². The van der Waals surface area contributed by atoms with Crippen LogP contribution in [0.3, 0.4) is 0 Å². The number of ether oxygens (including phenoxy) is 1. The van der Waals surface area contributed by atoms with E-state index in [1.54, 1.807) is 7.11 Å². The van der Waals surface area contributed by atoms with Gasteiger partial charge < -0.3 is 9.64 Å². The molecule has 100 valence electrons. The Labute approximate surface area is 122 Å². The highest BCUT2D eigenvalue weighted by atomic mass is 79.9. The first kappa shape index (κ1) is 13.9. The molecule has 1 aromatic carbocycles. The topological polar surface area (TPSA) is 25.4 Å². The maximum absolute atomic E-state index is 5.24. The van der Waals surface area contributed by atoms with Crippen molar-refractivity contribution in [3.8, 4) is 5.75 Å². The lowest BCUT2D eigenvalue weighted by molar-refractivity contribution is 0.414. The predicted octanol–water partition coefficient (Wildman–Crippen LogP) is 3.80. The second-order valence-corrected chi connectivity index (χ2v) is 5.30. The largest absolute Gasteiger partial charge is 0.497 e. The summed E-state index contributed by atoms with van der Waals surface area (Å²) in [6.07, 6.45) is 0. The molecule has 0 bridgehead atoms. The van der Waals surface area contributed by atoms with E-state index in [-0.39, 0.29) is 0 Å². The summed E-state index contributed by atoms with van der Waals surface area (Å²) in [6, 6.07) is 12.1. The quantitative estimate of drug-likeness (QED) is 0.856. The fourth-order valence-corrected chi connectivity index (χ4v) is 2.09. The van der Waals surface area contributed by atoms with E-state index in [4.69, 9.17) is 4.74 Å². The Bertz CT molecular complexity index is 572. The molecule has 19 heavy (non-hydrogen) atoms. The van der Waals surface area contributed by atoms with Crippen LogP contribution in [-0.4, -0.2) is 19.1 Å². The molecule has 2 aromatic rings. The lowest BCUT2D eigenvalue weighted by atomic mass is 10.2. The Kier molecular flexibility index (Phi) is 4.43. The molecule has 4 heteroatoms. The van der Waals surface area contributed by atoms with E-state index in [2.05, 4.69) is 31.9 Å². The van der Waals surface area contributed by atoms with E-state index in [1.165, 1.54) is 5.56 Å². The van der Waals surface area contributed by atoms with Crippen LogP contribution in [0.4, 0.5) is 5.82 Å². The molecule has 2 rings (SSSR count). The second kappa shape index (κ2) is 6.06. The van der Waals surface area contributed by atoms with Gasteiger partial charge in [-0.1, -0.05) is 12.1 Å². The summed E-state index contributed by atoms with van der Waals surface area (Å²) in [5.41, 5.74) is 2.19. The summed E-state index contributed by atoms with van der Waals surface area (Å²) < 4.78 is 6.27. The van der Waals surface area contributed by atoms with Crippen LogP contribution in [-0.2, 0) is 6.54 Å². The number of benzene rings is 1. The smallest absolute Gasteiger partial charge is 0.128 e. The lowest BCUT2D eigenvalue weighted by Gasteiger charge is -2.19. The monoisotopic (exact) mass is 320 g/mol. The summed E-state index contributed by atoms with van der Waals surface area (Å²) in [6.45, 7) is 2.79. The van der Waals surface area contributed by atoms with Crippen molar-refractivity contribution in [1.82, 2.24) is 4.98 Å². The van der Waals surface area contributed by atoms with Crippen molar-refractivity contribution >= 4 is 21.7 Å². The van der Waals surface area contributed by atoms with Gasteiger partial charge in [0, 0.05) is 18.1 Å². The molecule has 0 unspecified atom stereocenters.